The Balaban J connectivity index is 1.65. The van der Waals surface area contributed by atoms with Crippen LogP contribution in [0, 0.1) is 0 Å². The number of primary amides is 1. The molecule has 0 atom stereocenters. The number of nitrogens with two attached hydrogens (primary N) is 1. The Kier molecular flexibility index (Phi) is 4.28. The Morgan fingerprint density at radius 3 is 2.45 bits per heavy atom. The van der Waals surface area contributed by atoms with Gasteiger partial charge in [0.15, 0.2) is 0 Å². The van der Waals surface area contributed by atoms with Crippen molar-refractivity contribution in [3.05, 3.63) is 60.2 Å². The van der Waals surface area contributed by atoms with Crippen molar-refractivity contribution in [2.75, 3.05) is 18.0 Å². The lowest BCUT2D eigenvalue weighted by Crippen LogP contribution is -2.32. The lowest BCUT2D eigenvalue weighted by atomic mass is 9.89. The zero-order chi connectivity index (χ0) is 15.4. The molecule has 2 N–H and O–H groups in total. The number of anilines is 1. The lowest BCUT2D eigenvalue weighted by Gasteiger charge is -2.34. The molecule has 1 aliphatic rings. The maximum atomic E-state index is 10.8. The first-order valence-electron chi connectivity index (χ1n) is 7.59. The molecule has 0 unspecified atom stereocenters. The molecule has 1 aliphatic heterocycles. The van der Waals surface area contributed by atoms with Gasteiger partial charge in [-0.25, -0.2) is 4.79 Å². The highest BCUT2D eigenvalue weighted by Crippen LogP contribution is 2.31. The van der Waals surface area contributed by atoms with E-state index >= 15 is 0 Å². The van der Waals surface area contributed by atoms with Gasteiger partial charge in [0.2, 0.25) is 0 Å². The smallest absolute Gasteiger partial charge is 0.409 e. The average molecular weight is 296 g/mol. The van der Waals surface area contributed by atoms with E-state index in [0.29, 0.717) is 11.7 Å². The highest BCUT2D eigenvalue weighted by Gasteiger charge is 2.20. The van der Waals surface area contributed by atoms with Crippen LogP contribution in [-0.2, 0) is 0 Å². The monoisotopic (exact) mass is 296 g/mol. The number of ether oxygens (including phenoxy) is 1. The van der Waals surface area contributed by atoms with Crippen molar-refractivity contribution >= 4 is 11.8 Å². The number of rotatable bonds is 3. The van der Waals surface area contributed by atoms with E-state index in [2.05, 4.69) is 35.2 Å². The third-order valence-corrected chi connectivity index (χ3v) is 4.17. The van der Waals surface area contributed by atoms with Gasteiger partial charge in [0.25, 0.3) is 0 Å². The maximum absolute atomic E-state index is 10.8. The molecule has 0 spiro atoms. The zero-order valence-electron chi connectivity index (χ0n) is 12.4. The Hall–Kier alpha value is -2.49. The molecule has 0 saturated carbocycles. The van der Waals surface area contributed by atoms with E-state index in [1.807, 2.05) is 18.2 Å². The minimum absolute atomic E-state index is 0.496. The molecule has 22 heavy (non-hydrogen) atoms. The third-order valence-electron chi connectivity index (χ3n) is 4.17. The molecule has 114 valence electrons. The minimum Gasteiger partial charge on any atom is -0.410 e. The Labute approximate surface area is 130 Å². The van der Waals surface area contributed by atoms with E-state index in [4.69, 9.17) is 10.5 Å². The van der Waals surface area contributed by atoms with Crippen molar-refractivity contribution in [1.82, 2.24) is 0 Å². The fraction of sp³-hybridized carbons (Fsp3) is 0.278. The molecule has 1 fully saturated rings. The quantitative estimate of drug-likeness (QED) is 0.942. The van der Waals surface area contributed by atoms with Gasteiger partial charge in [-0.1, -0.05) is 36.4 Å². The average Bonchev–Trinajstić information content (AvgIpc) is 2.55. The predicted molar refractivity (Wildman–Crippen MR) is 87.3 cm³/mol. The molecule has 3 rings (SSSR count). The third kappa shape index (κ3) is 3.39. The largest absolute Gasteiger partial charge is 0.410 e. The van der Waals surface area contributed by atoms with Crippen LogP contribution in [0.1, 0.15) is 24.3 Å². The summed E-state index contributed by atoms with van der Waals surface area (Å²) in [6.45, 7) is 2.00. The van der Waals surface area contributed by atoms with E-state index in [-0.39, 0.29) is 0 Å². The predicted octanol–water partition coefficient (Wildman–Crippen LogP) is 3.53. The summed E-state index contributed by atoms with van der Waals surface area (Å²) in [5.74, 6) is 1.12. The van der Waals surface area contributed by atoms with Gasteiger partial charge < -0.3 is 15.4 Å². The summed E-state index contributed by atoms with van der Waals surface area (Å²) >= 11 is 0. The van der Waals surface area contributed by atoms with Gasteiger partial charge in [-0.05, 0) is 36.5 Å². The van der Waals surface area contributed by atoms with Gasteiger partial charge in [0, 0.05) is 24.8 Å². The van der Waals surface area contributed by atoms with Crippen molar-refractivity contribution in [3.63, 3.8) is 0 Å². The topological polar surface area (TPSA) is 55.6 Å². The first-order valence-corrected chi connectivity index (χ1v) is 7.59. The van der Waals surface area contributed by atoms with E-state index in [1.165, 1.54) is 5.56 Å². The molecule has 1 saturated heterocycles. The lowest BCUT2D eigenvalue weighted by molar-refractivity contribution is 0.211. The first kappa shape index (κ1) is 14.4. The molecule has 0 aliphatic carbocycles. The number of carbonyl (C=O) groups is 1. The summed E-state index contributed by atoms with van der Waals surface area (Å²) in [5, 5.41) is 0. The molecule has 0 bridgehead atoms. The number of hydrogen-bond donors (Lipinski definition) is 1. The van der Waals surface area contributed by atoms with Crippen LogP contribution in [0.15, 0.2) is 54.6 Å². The molecular formula is C18H20N2O2. The number of nitrogens with zero attached hydrogens (tertiary/aromatic N) is 1. The van der Waals surface area contributed by atoms with Crippen LogP contribution in [0.25, 0.3) is 0 Å². The van der Waals surface area contributed by atoms with Crippen LogP contribution in [-0.4, -0.2) is 19.2 Å². The number of hydrogen-bond acceptors (Lipinski definition) is 3. The Bertz CT molecular complexity index is 635. The summed E-state index contributed by atoms with van der Waals surface area (Å²) in [6.07, 6.45) is 1.48. The van der Waals surface area contributed by atoms with Crippen molar-refractivity contribution in [3.8, 4) is 5.75 Å². The molecule has 0 aromatic heterocycles. The van der Waals surface area contributed by atoms with Gasteiger partial charge >= 0.3 is 6.09 Å². The maximum Gasteiger partial charge on any atom is 0.409 e. The normalized spacial score (nSPS) is 15.5. The second-order valence-corrected chi connectivity index (χ2v) is 5.59. The molecule has 1 heterocycles. The molecule has 0 radical (unpaired) electrons. The summed E-state index contributed by atoms with van der Waals surface area (Å²) in [4.78, 5) is 13.2. The van der Waals surface area contributed by atoms with Crippen molar-refractivity contribution in [2.24, 2.45) is 5.73 Å². The van der Waals surface area contributed by atoms with E-state index in [0.717, 1.165) is 31.6 Å². The van der Waals surface area contributed by atoms with Gasteiger partial charge in [0.1, 0.15) is 5.75 Å². The molecule has 2 aromatic rings. The van der Waals surface area contributed by atoms with E-state index in [1.54, 1.807) is 6.07 Å². The molecule has 4 heteroatoms. The minimum atomic E-state index is -0.778. The first-order chi connectivity index (χ1) is 10.7. The van der Waals surface area contributed by atoms with Crippen LogP contribution < -0.4 is 15.4 Å². The van der Waals surface area contributed by atoms with Gasteiger partial charge in [-0.15, -0.1) is 0 Å². The summed E-state index contributed by atoms with van der Waals surface area (Å²) < 4.78 is 4.95. The van der Waals surface area contributed by atoms with Gasteiger partial charge in [-0.3, -0.25) is 0 Å². The van der Waals surface area contributed by atoms with Crippen LogP contribution in [0.2, 0.25) is 0 Å². The highest BCUT2D eigenvalue weighted by atomic mass is 16.5. The highest BCUT2D eigenvalue weighted by molar-refractivity contribution is 5.68. The molecule has 4 nitrogen and oxygen atoms in total. The fourth-order valence-corrected chi connectivity index (χ4v) is 3.06. The summed E-state index contributed by atoms with van der Waals surface area (Å²) in [7, 11) is 0. The van der Waals surface area contributed by atoms with E-state index < -0.39 is 6.09 Å². The number of amides is 1. The second-order valence-electron chi connectivity index (χ2n) is 5.59. The van der Waals surface area contributed by atoms with Crippen LogP contribution in [0.5, 0.6) is 5.75 Å². The summed E-state index contributed by atoms with van der Waals surface area (Å²) in [6, 6.07) is 18.2. The van der Waals surface area contributed by atoms with Crippen molar-refractivity contribution < 1.29 is 9.53 Å². The van der Waals surface area contributed by atoms with E-state index in [9.17, 15) is 4.79 Å². The van der Waals surface area contributed by atoms with Crippen molar-refractivity contribution in [2.45, 2.75) is 18.8 Å². The molecular weight excluding hydrogens is 276 g/mol. The Morgan fingerprint density at radius 2 is 1.77 bits per heavy atom. The van der Waals surface area contributed by atoms with Gasteiger partial charge in [0.05, 0.1) is 0 Å². The second kappa shape index (κ2) is 6.52. The van der Waals surface area contributed by atoms with Crippen LogP contribution in [0.3, 0.4) is 0 Å². The van der Waals surface area contributed by atoms with Gasteiger partial charge in [-0.2, -0.15) is 0 Å². The molecule has 1 amide bonds. The van der Waals surface area contributed by atoms with Crippen molar-refractivity contribution in [1.29, 1.82) is 0 Å². The van der Waals surface area contributed by atoms with Crippen LogP contribution >= 0.6 is 0 Å². The standard InChI is InChI=1S/C18H20N2O2/c19-18(21)22-17-8-4-7-16(13-17)20-11-9-15(10-12-20)14-5-2-1-3-6-14/h1-8,13,15H,9-12H2,(H2,19,21). The zero-order valence-corrected chi connectivity index (χ0v) is 12.4. The molecule has 2 aromatic carbocycles. The Morgan fingerprint density at radius 1 is 1.05 bits per heavy atom. The number of carbonyl (C=O) groups excluding carboxylic acids is 1. The van der Waals surface area contributed by atoms with Crippen LogP contribution in [0.4, 0.5) is 10.5 Å². The number of piperidine rings is 1. The SMILES string of the molecule is NC(=O)Oc1cccc(N2CCC(c3ccccc3)CC2)c1. The number of benzene rings is 2. The fourth-order valence-electron chi connectivity index (χ4n) is 3.06. The summed E-state index contributed by atoms with van der Waals surface area (Å²) in [5.41, 5.74) is 7.56.